The number of ether oxygens (including phenoxy) is 1. The Bertz CT molecular complexity index is 790. The third-order valence-electron chi connectivity index (χ3n) is 4.77. The number of rotatable bonds is 7. The van der Waals surface area contributed by atoms with E-state index in [0.717, 1.165) is 16.9 Å². The first-order chi connectivity index (χ1) is 13.1. The average molecular weight is 389 g/mol. The topological polar surface area (TPSA) is 105 Å². The molecule has 28 heavy (non-hydrogen) atoms. The molecule has 0 saturated carbocycles. The largest absolute Gasteiger partial charge is 0.451 e. The van der Waals surface area contributed by atoms with E-state index >= 15 is 0 Å². The van der Waals surface area contributed by atoms with Gasteiger partial charge < -0.3 is 15.4 Å². The van der Waals surface area contributed by atoms with Crippen molar-refractivity contribution in [1.29, 1.82) is 0 Å². The fourth-order valence-electron chi connectivity index (χ4n) is 2.87. The molecule has 1 aliphatic heterocycles. The van der Waals surface area contributed by atoms with Crippen LogP contribution in [-0.4, -0.2) is 46.9 Å². The van der Waals surface area contributed by atoms with Crippen molar-refractivity contribution >= 4 is 29.5 Å². The summed E-state index contributed by atoms with van der Waals surface area (Å²) >= 11 is 0. The van der Waals surface area contributed by atoms with Crippen LogP contribution in [0.5, 0.6) is 0 Å². The lowest BCUT2D eigenvalue weighted by Crippen LogP contribution is -2.42. The van der Waals surface area contributed by atoms with Gasteiger partial charge in [-0.15, -0.1) is 0 Å². The van der Waals surface area contributed by atoms with E-state index in [-0.39, 0.29) is 5.92 Å². The van der Waals surface area contributed by atoms with Crippen LogP contribution in [0.4, 0.5) is 10.5 Å². The number of nitrogens with one attached hydrogen (secondary N) is 2. The van der Waals surface area contributed by atoms with Crippen LogP contribution in [0, 0.1) is 0 Å². The standard InChI is InChI=1S/C20H27N3O5/c1-6-12(2)14-9-7-8-10-15(14)21-17(25)13(3)28-16(24)11-23-18(26)20(4,5)22-19(23)27/h7-10,12-13H,6,11H2,1-5H3,(H,21,25)(H,22,27)/t12-,13-/m1/s1. The minimum atomic E-state index is -1.08. The van der Waals surface area contributed by atoms with Crippen LogP contribution in [0.2, 0.25) is 0 Å². The molecule has 1 aromatic carbocycles. The van der Waals surface area contributed by atoms with Crippen molar-refractivity contribution in [3.05, 3.63) is 29.8 Å². The highest BCUT2D eigenvalue weighted by molar-refractivity contribution is 6.08. The number of carbonyl (C=O) groups is 4. The quantitative estimate of drug-likeness (QED) is 0.550. The predicted octanol–water partition coefficient (Wildman–Crippen LogP) is 2.40. The smallest absolute Gasteiger partial charge is 0.327 e. The van der Waals surface area contributed by atoms with E-state index in [2.05, 4.69) is 24.5 Å². The lowest BCUT2D eigenvalue weighted by Gasteiger charge is -2.19. The fourth-order valence-corrected chi connectivity index (χ4v) is 2.87. The molecule has 8 nitrogen and oxygen atoms in total. The van der Waals surface area contributed by atoms with E-state index in [0.29, 0.717) is 5.69 Å². The number of esters is 1. The van der Waals surface area contributed by atoms with Gasteiger partial charge in [0.25, 0.3) is 11.8 Å². The summed E-state index contributed by atoms with van der Waals surface area (Å²) in [6.45, 7) is 8.11. The Kier molecular flexibility index (Phi) is 6.43. The van der Waals surface area contributed by atoms with Gasteiger partial charge in [-0.05, 0) is 44.7 Å². The fraction of sp³-hybridized carbons (Fsp3) is 0.500. The second-order valence-corrected chi connectivity index (χ2v) is 7.46. The maximum absolute atomic E-state index is 12.4. The zero-order valence-corrected chi connectivity index (χ0v) is 16.9. The van der Waals surface area contributed by atoms with E-state index in [1.807, 2.05) is 18.2 Å². The number of hydrogen-bond donors (Lipinski definition) is 2. The third-order valence-corrected chi connectivity index (χ3v) is 4.77. The Morgan fingerprint density at radius 1 is 1.21 bits per heavy atom. The van der Waals surface area contributed by atoms with E-state index in [1.54, 1.807) is 19.9 Å². The van der Waals surface area contributed by atoms with Crippen LogP contribution in [0.15, 0.2) is 24.3 Å². The SMILES string of the molecule is CC[C@@H](C)c1ccccc1NC(=O)[C@@H](C)OC(=O)CN1C(=O)NC(C)(C)C1=O. The number of nitrogens with zero attached hydrogens (tertiary/aromatic N) is 1. The summed E-state index contributed by atoms with van der Waals surface area (Å²) in [5.74, 6) is -1.58. The maximum Gasteiger partial charge on any atom is 0.327 e. The highest BCUT2D eigenvalue weighted by Crippen LogP contribution is 2.26. The van der Waals surface area contributed by atoms with E-state index in [9.17, 15) is 19.2 Å². The molecule has 0 radical (unpaired) electrons. The molecule has 4 amide bonds. The van der Waals surface area contributed by atoms with Gasteiger partial charge in [0.1, 0.15) is 12.1 Å². The zero-order chi connectivity index (χ0) is 21.1. The van der Waals surface area contributed by atoms with E-state index in [4.69, 9.17) is 4.74 Å². The van der Waals surface area contributed by atoms with Crippen LogP contribution in [0.25, 0.3) is 0 Å². The van der Waals surface area contributed by atoms with Gasteiger partial charge in [-0.1, -0.05) is 32.0 Å². The van der Waals surface area contributed by atoms with Crippen LogP contribution >= 0.6 is 0 Å². The van der Waals surface area contributed by atoms with Crippen molar-refractivity contribution in [3.63, 3.8) is 0 Å². The van der Waals surface area contributed by atoms with Gasteiger partial charge in [0.05, 0.1) is 0 Å². The Morgan fingerprint density at radius 3 is 2.43 bits per heavy atom. The molecular formula is C20H27N3O5. The van der Waals surface area contributed by atoms with Crippen molar-refractivity contribution < 1.29 is 23.9 Å². The first kappa shape index (κ1) is 21.4. The molecule has 0 spiro atoms. The number of anilines is 1. The number of hydrogen-bond acceptors (Lipinski definition) is 5. The van der Waals surface area contributed by atoms with E-state index in [1.165, 1.54) is 6.92 Å². The molecule has 152 valence electrons. The molecule has 0 aliphatic carbocycles. The number of carbonyl (C=O) groups excluding carboxylic acids is 4. The van der Waals surface area contributed by atoms with Gasteiger partial charge in [0.2, 0.25) is 0 Å². The molecule has 1 aliphatic rings. The van der Waals surface area contributed by atoms with Gasteiger partial charge in [-0.25, -0.2) is 4.79 Å². The minimum absolute atomic E-state index is 0.261. The molecule has 0 unspecified atom stereocenters. The van der Waals surface area contributed by atoms with Crippen molar-refractivity contribution in [2.75, 3.05) is 11.9 Å². The summed E-state index contributed by atoms with van der Waals surface area (Å²) in [6.07, 6.45) is -0.161. The number of amides is 4. The van der Waals surface area contributed by atoms with Crippen LogP contribution in [-0.2, 0) is 19.1 Å². The average Bonchev–Trinajstić information content (AvgIpc) is 2.83. The van der Waals surface area contributed by atoms with Crippen LogP contribution < -0.4 is 10.6 Å². The number of benzene rings is 1. The molecule has 0 aromatic heterocycles. The van der Waals surface area contributed by atoms with Crippen molar-refractivity contribution in [3.8, 4) is 0 Å². The molecule has 1 saturated heterocycles. The Balaban J connectivity index is 1.97. The van der Waals surface area contributed by atoms with Gasteiger partial charge >= 0.3 is 12.0 Å². The van der Waals surface area contributed by atoms with Crippen LogP contribution in [0.1, 0.15) is 52.5 Å². The lowest BCUT2D eigenvalue weighted by atomic mass is 9.97. The molecule has 1 heterocycles. The summed E-state index contributed by atoms with van der Waals surface area (Å²) in [6, 6.07) is 6.80. The normalized spacial score (nSPS) is 17.7. The second-order valence-electron chi connectivity index (χ2n) is 7.46. The summed E-state index contributed by atoms with van der Waals surface area (Å²) in [5.41, 5.74) is 0.596. The van der Waals surface area contributed by atoms with Crippen molar-refractivity contribution in [1.82, 2.24) is 10.2 Å². The monoisotopic (exact) mass is 389 g/mol. The van der Waals surface area contributed by atoms with Crippen molar-refractivity contribution in [2.24, 2.45) is 0 Å². The minimum Gasteiger partial charge on any atom is -0.451 e. The van der Waals surface area contributed by atoms with Gasteiger partial charge in [0.15, 0.2) is 6.10 Å². The first-order valence-electron chi connectivity index (χ1n) is 9.30. The summed E-state index contributed by atoms with van der Waals surface area (Å²) < 4.78 is 5.11. The Morgan fingerprint density at radius 2 is 1.86 bits per heavy atom. The predicted molar refractivity (Wildman–Crippen MR) is 104 cm³/mol. The molecule has 1 fully saturated rings. The Labute approximate surface area is 164 Å². The molecule has 8 heteroatoms. The van der Waals surface area contributed by atoms with Gasteiger partial charge in [-0.3, -0.25) is 19.3 Å². The molecular weight excluding hydrogens is 362 g/mol. The highest BCUT2D eigenvalue weighted by Gasteiger charge is 2.45. The van der Waals surface area contributed by atoms with E-state index < -0.39 is 42.0 Å². The summed E-state index contributed by atoms with van der Waals surface area (Å²) in [5, 5.41) is 5.26. The maximum atomic E-state index is 12.4. The zero-order valence-electron chi connectivity index (χ0n) is 16.9. The number of urea groups is 1. The highest BCUT2D eigenvalue weighted by atomic mass is 16.5. The molecule has 2 N–H and O–H groups in total. The molecule has 0 bridgehead atoms. The third kappa shape index (κ3) is 4.68. The van der Waals surface area contributed by atoms with Gasteiger partial charge in [-0.2, -0.15) is 0 Å². The lowest BCUT2D eigenvalue weighted by molar-refractivity contribution is -0.155. The molecule has 2 atom stereocenters. The molecule has 1 aromatic rings. The number of imide groups is 1. The second kappa shape index (κ2) is 8.41. The summed E-state index contributed by atoms with van der Waals surface area (Å²) in [7, 11) is 0. The summed E-state index contributed by atoms with van der Waals surface area (Å²) in [4.78, 5) is 49.3. The van der Waals surface area contributed by atoms with Gasteiger partial charge in [0, 0.05) is 5.69 Å². The van der Waals surface area contributed by atoms with Crippen molar-refractivity contribution in [2.45, 2.75) is 58.6 Å². The van der Waals surface area contributed by atoms with Crippen LogP contribution in [0.3, 0.4) is 0 Å². The Hall–Kier alpha value is -2.90. The number of para-hydroxylation sites is 1. The first-order valence-corrected chi connectivity index (χ1v) is 9.30. The molecule has 2 rings (SSSR count).